The molecule has 0 aliphatic heterocycles. The van der Waals surface area contributed by atoms with Crippen LogP contribution in [0.5, 0.6) is 5.75 Å². The summed E-state index contributed by atoms with van der Waals surface area (Å²) in [5.41, 5.74) is 6.41. The summed E-state index contributed by atoms with van der Waals surface area (Å²) in [4.78, 5) is 0. The number of nitrogens with zero attached hydrogens (tertiary/aromatic N) is 1. The van der Waals surface area contributed by atoms with E-state index in [9.17, 15) is 9.50 Å². The summed E-state index contributed by atoms with van der Waals surface area (Å²) in [6.45, 7) is 0. The Hall–Kier alpha value is -1.31. The molecule has 5 heteroatoms. The van der Waals surface area contributed by atoms with Gasteiger partial charge in [0.05, 0.1) is 11.6 Å². The molecular weight excluding hydrogens is 243 g/mol. The highest BCUT2D eigenvalue weighted by atomic mass is 35.5. The molecule has 92 valence electrons. The number of hydrogen-bond acceptors (Lipinski definition) is 3. The molecule has 0 aromatic heterocycles. The molecule has 17 heavy (non-hydrogen) atoms. The summed E-state index contributed by atoms with van der Waals surface area (Å²) in [6.07, 6.45) is 2.96. The first-order valence-corrected chi connectivity index (χ1v) is 5.30. The molecule has 1 aliphatic rings. The zero-order chi connectivity index (χ0) is 11.7. The first-order valence-electron chi connectivity index (χ1n) is 5.30. The number of hydrogen-bond donors (Lipinski definition) is 2. The Bertz CT molecular complexity index is 455. The second-order valence-corrected chi connectivity index (χ2v) is 4.25. The van der Waals surface area contributed by atoms with Crippen molar-refractivity contribution in [2.24, 2.45) is 11.7 Å². The van der Waals surface area contributed by atoms with Crippen molar-refractivity contribution < 1.29 is 9.50 Å². The largest absolute Gasteiger partial charge is 0.505 e. The summed E-state index contributed by atoms with van der Waals surface area (Å²) < 4.78 is 13.2. The van der Waals surface area contributed by atoms with E-state index in [1.807, 2.05) is 6.07 Å². The second kappa shape index (κ2) is 5.35. The van der Waals surface area contributed by atoms with Gasteiger partial charge in [0.1, 0.15) is 0 Å². The summed E-state index contributed by atoms with van der Waals surface area (Å²) in [5.74, 6) is -0.642. The minimum absolute atomic E-state index is 0. The number of aromatic hydroxyl groups is 1. The molecule has 1 fully saturated rings. The van der Waals surface area contributed by atoms with Crippen LogP contribution in [0.2, 0.25) is 0 Å². The van der Waals surface area contributed by atoms with Gasteiger partial charge in [0, 0.05) is 11.6 Å². The summed E-state index contributed by atoms with van der Waals surface area (Å²) >= 11 is 0. The Kier molecular flexibility index (Phi) is 4.33. The van der Waals surface area contributed by atoms with Crippen LogP contribution in [0.3, 0.4) is 0 Å². The van der Waals surface area contributed by atoms with Gasteiger partial charge in [-0.15, -0.1) is 12.4 Å². The van der Waals surface area contributed by atoms with Gasteiger partial charge in [-0.25, -0.2) is 4.39 Å². The quantitative estimate of drug-likeness (QED) is 0.873. The SMILES string of the molecule is Cl.N#Cc1ccc(F)c(O)c1[C@@H](N)CC1CC1. The van der Waals surface area contributed by atoms with Gasteiger partial charge in [0.2, 0.25) is 0 Å². The van der Waals surface area contributed by atoms with Gasteiger partial charge in [-0.2, -0.15) is 5.26 Å². The lowest BCUT2D eigenvalue weighted by Gasteiger charge is -2.15. The molecule has 0 radical (unpaired) electrons. The number of phenolic OH excluding ortho intramolecular Hbond substituents is 1. The Labute approximate surface area is 105 Å². The zero-order valence-electron chi connectivity index (χ0n) is 9.19. The van der Waals surface area contributed by atoms with Gasteiger partial charge in [-0.3, -0.25) is 0 Å². The molecule has 0 spiro atoms. The van der Waals surface area contributed by atoms with Gasteiger partial charge >= 0.3 is 0 Å². The molecule has 1 aliphatic carbocycles. The van der Waals surface area contributed by atoms with Crippen LogP contribution in [0.4, 0.5) is 4.39 Å². The third-order valence-electron chi connectivity index (χ3n) is 2.94. The van der Waals surface area contributed by atoms with Crippen molar-refractivity contribution in [3.8, 4) is 11.8 Å². The second-order valence-electron chi connectivity index (χ2n) is 4.25. The summed E-state index contributed by atoms with van der Waals surface area (Å²) in [6, 6.07) is 3.91. The summed E-state index contributed by atoms with van der Waals surface area (Å²) in [5, 5.41) is 18.5. The van der Waals surface area contributed by atoms with Crippen LogP contribution >= 0.6 is 12.4 Å². The first kappa shape index (κ1) is 13.8. The fourth-order valence-corrected chi connectivity index (χ4v) is 1.88. The van der Waals surface area contributed by atoms with Gasteiger partial charge < -0.3 is 10.8 Å². The topological polar surface area (TPSA) is 70.0 Å². The van der Waals surface area contributed by atoms with Crippen molar-refractivity contribution in [2.45, 2.75) is 25.3 Å². The molecule has 1 saturated carbocycles. The average Bonchev–Trinajstić information content (AvgIpc) is 3.05. The lowest BCUT2D eigenvalue weighted by molar-refractivity contribution is 0.416. The van der Waals surface area contributed by atoms with E-state index in [-0.39, 0.29) is 23.5 Å². The average molecular weight is 257 g/mol. The van der Waals surface area contributed by atoms with E-state index in [4.69, 9.17) is 11.0 Å². The smallest absolute Gasteiger partial charge is 0.165 e. The van der Waals surface area contributed by atoms with Crippen LogP contribution in [-0.4, -0.2) is 5.11 Å². The van der Waals surface area contributed by atoms with Gasteiger partial charge in [-0.05, 0) is 24.5 Å². The molecule has 1 aromatic rings. The van der Waals surface area contributed by atoms with Crippen molar-refractivity contribution in [2.75, 3.05) is 0 Å². The van der Waals surface area contributed by atoms with E-state index < -0.39 is 17.6 Å². The molecular formula is C12H14ClFN2O. The van der Waals surface area contributed by atoms with Crippen molar-refractivity contribution >= 4 is 12.4 Å². The lowest BCUT2D eigenvalue weighted by Crippen LogP contribution is -2.13. The highest BCUT2D eigenvalue weighted by Crippen LogP contribution is 2.39. The molecule has 0 unspecified atom stereocenters. The molecule has 0 bridgehead atoms. The number of nitriles is 1. The minimum atomic E-state index is -0.722. The summed E-state index contributed by atoms with van der Waals surface area (Å²) in [7, 11) is 0. The Morgan fingerprint density at radius 1 is 1.53 bits per heavy atom. The Morgan fingerprint density at radius 3 is 2.71 bits per heavy atom. The van der Waals surface area contributed by atoms with Crippen molar-refractivity contribution in [3.05, 3.63) is 29.1 Å². The number of halogens is 2. The standard InChI is InChI=1S/C12H13FN2O.ClH/c13-9-4-3-8(6-14)11(12(9)16)10(15)5-7-1-2-7;/h3-4,7,10,16H,1-2,5,15H2;1H/t10-;/m0./s1. The highest BCUT2D eigenvalue weighted by Gasteiger charge is 2.27. The third kappa shape index (κ3) is 2.87. The van der Waals surface area contributed by atoms with E-state index in [2.05, 4.69) is 0 Å². The minimum Gasteiger partial charge on any atom is -0.505 e. The van der Waals surface area contributed by atoms with Crippen LogP contribution in [0.15, 0.2) is 12.1 Å². The molecule has 1 aromatic carbocycles. The maximum absolute atomic E-state index is 13.2. The maximum atomic E-state index is 13.2. The number of nitrogens with two attached hydrogens (primary N) is 1. The normalized spacial score (nSPS) is 15.8. The van der Waals surface area contributed by atoms with E-state index in [0.717, 1.165) is 18.9 Å². The fourth-order valence-electron chi connectivity index (χ4n) is 1.88. The van der Waals surface area contributed by atoms with Crippen LogP contribution in [0.1, 0.15) is 36.4 Å². The predicted molar refractivity (Wildman–Crippen MR) is 64.3 cm³/mol. The Balaban J connectivity index is 0.00000144. The Morgan fingerprint density at radius 2 is 2.18 bits per heavy atom. The predicted octanol–water partition coefficient (Wildman–Crippen LogP) is 2.62. The van der Waals surface area contributed by atoms with Crippen LogP contribution in [-0.2, 0) is 0 Å². The third-order valence-corrected chi connectivity index (χ3v) is 2.94. The van der Waals surface area contributed by atoms with Crippen LogP contribution in [0.25, 0.3) is 0 Å². The van der Waals surface area contributed by atoms with Crippen molar-refractivity contribution in [1.82, 2.24) is 0 Å². The number of benzene rings is 1. The van der Waals surface area contributed by atoms with Gasteiger partial charge in [-0.1, -0.05) is 12.8 Å². The molecule has 3 nitrogen and oxygen atoms in total. The fraction of sp³-hybridized carbons (Fsp3) is 0.417. The monoisotopic (exact) mass is 256 g/mol. The first-order chi connectivity index (χ1) is 7.63. The zero-order valence-corrected chi connectivity index (χ0v) is 10.0. The van der Waals surface area contributed by atoms with Crippen LogP contribution < -0.4 is 5.73 Å². The highest BCUT2D eigenvalue weighted by molar-refractivity contribution is 5.85. The van der Waals surface area contributed by atoms with E-state index >= 15 is 0 Å². The van der Waals surface area contributed by atoms with Gasteiger partial charge in [0.15, 0.2) is 11.6 Å². The molecule has 0 saturated heterocycles. The van der Waals surface area contributed by atoms with Crippen LogP contribution in [0, 0.1) is 23.1 Å². The number of rotatable bonds is 3. The molecule has 2 rings (SSSR count). The molecule has 0 amide bonds. The van der Waals surface area contributed by atoms with Crippen molar-refractivity contribution in [1.29, 1.82) is 5.26 Å². The maximum Gasteiger partial charge on any atom is 0.165 e. The van der Waals surface area contributed by atoms with Crippen molar-refractivity contribution in [3.63, 3.8) is 0 Å². The molecule has 1 atom stereocenters. The molecule has 0 heterocycles. The lowest BCUT2D eigenvalue weighted by atomic mass is 9.96. The number of phenols is 1. The van der Waals surface area contributed by atoms with E-state index in [1.54, 1.807) is 0 Å². The van der Waals surface area contributed by atoms with E-state index in [1.165, 1.54) is 6.07 Å². The molecule has 3 N–H and O–H groups in total. The van der Waals surface area contributed by atoms with E-state index in [0.29, 0.717) is 12.3 Å². The van der Waals surface area contributed by atoms with Gasteiger partial charge in [0.25, 0.3) is 0 Å².